The lowest BCUT2D eigenvalue weighted by Crippen LogP contribution is -2.52. The number of aliphatic hydroxyl groups is 5. The van der Waals surface area contributed by atoms with Crippen LogP contribution in [0.2, 0.25) is 0 Å². The Morgan fingerprint density at radius 2 is 1.78 bits per heavy atom. The minimum absolute atomic E-state index is 0.202. The number of nitrogens with one attached hydrogen (secondary N) is 3. The average molecular weight is 592 g/mol. The van der Waals surface area contributed by atoms with Crippen LogP contribution in [0.4, 0.5) is 0 Å². The normalized spacial score (nSPS) is 32.8. The zero-order valence-corrected chi connectivity index (χ0v) is 22.3. The summed E-state index contributed by atoms with van der Waals surface area (Å²) in [5.74, 6) is -3.39. The van der Waals surface area contributed by atoms with Crippen LogP contribution < -0.4 is 27.6 Å². The van der Waals surface area contributed by atoms with Gasteiger partial charge in [-0.3, -0.25) is 23.9 Å². The topological polar surface area (TPSA) is 288 Å². The van der Waals surface area contributed by atoms with E-state index in [0.717, 1.165) is 16.8 Å². The van der Waals surface area contributed by atoms with Crippen molar-refractivity contribution in [3.8, 4) is 0 Å². The monoisotopic (exact) mass is 591 g/mol. The fourth-order valence-corrected chi connectivity index (χ4v) is 5.02. The summed E-state index contributed by atoms with van der Waals surface area (Å²) in [6, 6.07) is -0.399. The smallest absolute Gasteiger partial charge is 0.330 e. The number of carboxylic acids is 1. The van der Waals surface area contributed by atoms with Gasteiger partial charge in [0.1, 0.15) is 48.8 Å². The lowest BCUT2D eigenvalue weighted by Gasteiger charge is -2.34. The molecule has 0 radical (unpaired) electrons. The van der Waals surface area contributed by atoms with Crippen LogP contribution in [0, 0.1) is 5.92 Å². The highest BCUT2D eigenvalue weighted by molar-refractivity contribution is 5.79. The molecule has 18 heteroatoms. The number of H-pyrrole nitrogens is 1. The summed E-state index contributed by atoms with van der Waals surface area (Å²) in [4.78, 5) is 50.4. The van der Waals surface area contributed by atoms with Crippen LogP contribution in [0.3, 0.4) is 0 Å². The van der Waals surface area contributed by atoms with Crippen LogP contribution in [-0.4, -0.2) is 134 Å². The number of carboxylic acid groups (broad SMARTS) is 1. The van der Waals surface area contributed by atoms with Crippen molar-refractivity contribution in [3.63, 3.8) is 0 Å². The van der Waals surface area contributed by atoms with Crippen molar-refractivity contribution in [1.29, 1.82) is 0 Å². The Morgan fingerprint density at radius 3 is 2.32 bits per heavy atom. The summed E-state index contributed by atoms with van der Waals surface area (Å²) in [6.45, 7) is -0.202. The summed E-state index contributed by atoms with van der Waals surface area (Å²) in [6.07, 6.45) is -15.0. The van der Waals surface area contributed by atoms with E-state index in [2.05, 4.69) is 10.6 Å². The number of ether oxygens (including phenoxy) is 3. The predicted octanol–water partition coefficient (Wildman–Crippen LogP) is -5.88. The second-order valence-electron chi connectivity index (χ2n) is 9.82. The molecule has 0 saturated carbocycles. The van der Waals surface area contributed by atoms with Gasteiger partial charge in [-0.05, 0) is 19.9 Å². The maximum Gasteiger partial charge on any atom is 0.330 e. The molecule has 3 heterocycles. The fraction of sp³-hybridized carbons (Fsp3) is 0.739. The van der Waals surface area contributed by atoms with Crippen LogP contribution >= 0.6 is 0 Å². The second kappa shape index (κ2) is 13.9. The van der Waals surface area contributed by atoms with E-state index in [0.29, 0.717) is 0 Å². The maximum absolute atomic E-state index is 13.1. The van der Waals surface area contributed by atoms with Gasteiger partial charge < -0.3 is 61.2 Å². The molecule has 0 aliphatic carbocycles. The minimum atomic E-state index is -1.81. The first-order valence-electron chi connectivity index (χ1n) is 12.9. The van der Waals surface area contributed by atoms with Gasteiger partial charge in [0.2, 0.25) is 5.91 Å². The van der Waals surface area contributed by atoms with E-state index in [1.54, 1.807) is 0 Å². The van der Waals surface area contributed by atoms with Crippen molar-refractivity contribution in [3.05, 3.63) is 33.1 Å². The van der Waals surface area contributed by atoms with Crippen LogP contribution in [0.5, 0.6) is 0 Å². The highest BCUT2D eigenvalue weighted by Crippen LogP contribution is 2.37. The zero-order valence-electron chi connectivity index (χ0n) is 22.3. The molecule has 18 nitrogen and oxygen atoms in total. The summed E-state index contributed by atoms with van der Waals surface area (Å²) in [7, 11) is 2.61. The number of amides is 1. The molecule has 3 rings (SSSR count). The standard InChI is InChI=1S/C23H37N5O13/c1-25-12(21(36)37)9(29)4-3-8(19(35)26-2)17(41-22-16(34)13(31)10(7-24)39-22)18-14(32)15(33)20(40-18)28-6-5-11(30)27-23(28)38/h5-6,8-10,12-18,20,22,25,29,31-34H,3-4,7,24H2,1-2H3,(H,26,35)(H,36,37)(H,27,30,38)/t8-,9-,10?,12-,13?,14?,15?,16?,17-,18?,20?,22?/m0/s1. The molecule has 1 amide bonds. The van der Waals surface area contributed by atoms with E-state index in [9.17, 15) is 49.8 Å². The second-order valence-corrected chi connectivity index (χ2v) is 9.82. The number of rotatable bonds is 13. The third-order valence-corrected chi connectivity index (χ3v) is 7.28. The molecular formula is C23H37N5O13. The fourth-order valence-electron chi connectivity index (χ4n) is 5.02. The Labute approximate surface area is 232 Å². The molecule has 12 atom stereocenters. The lowest BCUT2D eigenvalue weighted by atomic mass is 9.87. The van der Waals surface area contributed by atoms with Crippen LogP contribution in [-0.2, 0) is 23.8 Å². The van der Waals surface area contributed by atoms with E-state index < -0.39 is 96.4 Å². The number of aliphatic carboxylic acids is 1. The highest BCUT2D eigenvalue weighted by Gasteiger charge is 2.53. The van der Waals surface area contributed by atoms with Crippen molar-refractivity contribution in [2.45, 2.75) is 80.2 Å². The van der Waals surface area contributed by atoms with Gasteiger partial charge >= 0.3 is 11.7 Å². The molecule has 232 valence electrons. The number of hydrogen-bond acceptors (Lipinski definition) is 14. The Bertz CT molecular complexity index is 1160. The number of nitrogens with two attached hydrogens (primary N) is 1. The zero-order chi connectivity index (χ0) is 30.6. The summed E-state index contributed by atoms with van der Waals surface area (Å²) in [5, 5.41) is 67.2. The maximum atomic E-state index is 13.1. The Kier molecular flexibility index (Phi) is 11.1. The SMILES string of the molecule is CNC(=O)[C@@H](CC[C@H](O)[C@H](NC)C(=O)O)[C@H](OC1OC(CN)C(O)C1O)C1OC(n2ccc(=O)[nH]c2=O)C(O)C1O. The first kappa shape index (κ1) is 32.7. The predicted molar refractivity (Wildman–Crippen MR) is 135 cm³/mol. The van der Waals surface area contributed by atoms with E-state index in [1.165, 1.54) is 14.1 Å². The Hall–Kier alpha value is -2.78. The van der Waals surface area contributed by atoms with Crippen LogP contribution in [0.15, 0.2) is 21.9 Å². The number of likely N-dealkylation sites (N-methyl/N-ethyl adjacent to an activating group) is 1. The van der Waals surface area contributed by atoms with Gasteiger partial charge in [0.25, 0.3) is 5.56 Å². The molecule has 41 heavy (non-hydrogen) atoms. The van der Waals surface area contributed by atoms with Crippen molar-refractivity contribution < 1.29 is 54.4 Å². The summed E-state index contributed by atoms with van der Waals surface area (Å²) >= 11 is 0. The Morgan fingerprint density at radius 1 is 1.10 bits per heavy atom. The quantitative estimate of drug-likeness (QED) is 0.102. The molecule has 2 fully saturated rings. The number of aromatic nitrogens is 2. The number of carbonyl (C=O) groups excluding carboxylic acids is 1. The van der Waals surface area contributed by atoms with Gasteiger partial charge in [-0.15, -0.1) is 0 Å². The van der Waals surface area contributed by atoms with Gasteiger partial charge in [-0.1, -0.05) is 0 Å². The molecule has 8 unspecified atom stereocenters. The van der Waals surface area contributed by atoms with Gasteiger partial charge in [-0.25, -0.2) is 4.79 Å². The number of hydrogen-bond donors (Lipinski definition) is 10. The largest absolute Gasteiger partial charge is 0.480 e. The van der Waals surface area contributed by atoms with E-state index in [1.807, 2.05) is 4.98 Å². The summed E-state index contributed by atoms with van der Waals surface area (Å²) in [5.41, 5.74) is 3.88. The Balaban J connectivity index is 1.98. The molecule has 2 aliphatic heterocycles. The molecule has 2 saturated heterocycles. The van der Waals surface area contributed by atoms with Gasteiger partial charge in [0.05, 0.1) is 12.0 Å². The van der Waals surface area contributed by atoms with Crippen molar-refractivity contribution in [2.24, 2.45) is 11.7 Å². The molecule has 0 aromatic carbocycles. The molecule has 0 bridgehead atoms. The van der Waals surface area contributed by atoms with Crippen LogP contribution in [0.25, 0.3) is 0 Å². The third-order valence-electron chi connectivity index (χ3n) is 7.28. The van der Waals surface area contributed by atoms with Gasteiger partial charge in [0, 0.05) is 25.9 Å². The summed E-state index contributed by atoms with van der Waals surface area (Å²) < 4.78 is 18.0. The molecule has 1 aromatic heterocycles. The first-order valence-corrected chi connectivity index (χ1v) is 12.9. The van der Waals surface area contributed by atoms with E-state index in [4.69, 9.17) is 19.9 Å². The van der Waals surface area contributed by atoms with Crippen molar-refractivity contribution >= 4 is 11.9 Å². The molecule has 2 aliphatic rings. The molecular weight excluding hydrogens is 554 g/mol. The van der Waals surface area contributed by atoms with E-state index in [-0.39, 0.29) is 19.4 Å². The lowest BCUT2D eigenvalue weighted by molar-refractivity contribution is -0.232. The average Bonchev–Trinajstić information content (AvgIpc) is 3.37. The van der Waals surface area contributed by atoms with Crippen LogP contribution in [0.1, 0.15) is 19.1 Å². The highest BCUT2D eigenvalue weighted by atomic mass is 16.7. The number of carbonyl (C=O) groups is 2. The first-order chi connectivity index (χ1) is 19.4. The molecule has 11 N–H and O–H groups in total. The van der Waals surface area contributed by atoms with Gasteiger partial charge in [0.15, 0.2) is 12.5 Å². The number of aromatic amines is 1. The van der Waals surface area contributed by atoms with E-state index >= 15 is 0 Å². The molecule has 1 aromatic rings. The number of nitrogens with zero attached hydrogens (tertiary/aromatic N) is 1. The van der Waals surface area contributed by atoms with Crippen molar-refractivity contribution in [2.75, 3.05) is 20.6 Å². The molecule has 0 spiro atoms. The number of aliphatic hydroxyl groups excluding tert-OH is 5. The third kappa shape index (κ3) is 7.00. The van der Waals surface area contributed by atoms with Crippen molar-refractivity contribution in [1.82, 2.24) is 20.2 Å². The minimum Gasteiger partial charge on any atom is -0.480 e. The van der Waals surface area contributed by atoms with Gasteiger partial charge in [-0.2, -0.15) is 0 Å².